The molecule has 0 saturated heterocycles. The molecule has 2 nitrogen and oxygen atoms in total. The summed E-state index contributed by atoms with van der Waals surface area (Å²) in [5.41, 5.74) is -6.43. The van der Waals surface area contributed by atoms with Gasteiger partial charge in [0, 0.05) is 10.5 Å². The summed E-state index contributed by atoms with van der Waals surface area (Å²) in [5, 5.41) is 1.41. The minimum Gasteiger partial charge on any atom is -0.346 e. The van der Waals surface area contributed by atoms with Crippen molar-refractivity contribution in [1.29, 1.82) is 0 Å². The molecule has 0 aromatic heterocycles. The number of rotatable bonds is 6. The first-order chi connectivity index (χ1) is 16.2. The van der Waals surface area contributed by atoms with Gasteiger partial charge in [0.15, 0.2) is 0 Å². The molecule has 0 saturated carbocycles. The van der Waals surface area contributed by atoms with Crippen molar-refractivity contribution >= 4 is 29.3 Å². The Labute approximate surface area is 203 Å². The zero-order valence-corrected chi connectivity index (χ0v) is 18.8. The molecule has 0 aliphatic heterocycles. The standard InChI is InChI=1S/C23H14ClF8NOS/c24-19-11-14(13-5-8-15(9-6-13)35-23(30,31)32)7-10-18(19)21(25,26)12-33-20(34)16-3-1-2-4-17(16)22(27,28)29/h1-11H,12H2,(H,33,34). The summed E-state index contributed by atoms with van der Waals surface area (Å²) in [6.45, 7) is -1.32. The third-order valence-corrected chi connectivity index (χ3v) is 5.78. The predicted molar refractivity (Wildman–Crippen MR) is 116 cm³/mol. The number of amides is 1. The van der Waals surface area contributed by atoms with Gasteiger partial charge in [-0.1, -0.05) is 48.0 Å². The van der Waals surface area contributed by atoms with Crippen LogP contribution in [0, 0.1) is 0 Å². The van der Waals surface area contributed by atoms with E-state index in [1.54, 1.807) is 5.32 Å². The highest BCUT2D eigenvalue weighted by molar-refractivity contribution is 8.00. The fourth-order valence-electron chi connectivity index (χ4n) is 3.15. The average Bonchev–Trinajstić information content (AvgIpc) is 2.76. The Morgan fingerprint density at radius 2 is 1.40 bits per heavy atom. The molecule has 0 bridgehead atoms. The minimum atomic E-state index is -4.85. The van der Waals surface area contributed by atoms with Crippen LogP contribution in [0.4, 0.5) is 35.1 Å². The second kappa shape index (κ2) is 10.1. The molecule has 0 heterocycles. The Balaban J connectivity index is 1.75. The Bertz CT molecular complexity index is 1210. The zero-order chi connectivity index (χ0) is 26.0. The summed E-state index contributed by atoms with van der Waals surface area (Å²) in [6.07, 6.45) is -4.85. The van der Waals surface area contributed by atoms with E-state index in [1.807, 2.05) is 0 Å². The number of thioether (sulfide) groups is 1. The van der Waals surface area contributed by atoms with Gasteiger partial charge in [0.2, 0.25) is 0 Å². The zero-order valence-electron chi connectivity index (χ0n) is 17.3. The van der Waals surface area contributed by atoms with E-state index < -0.39 is 51.8 Å². The summed E-state index contributed by atoms with van der Waals surface area (Å²) in [7, 11) is 0. The van der Waals surface area contributed by atoms with Crippen LogP contribution >= 0.6 is 23.4 Å². The Kier molecular flexibility index (Phi) is 7.71. The lowest BCUT2D eigenvalue weighted by Gasteiger charge is -2.20. The Hall–Kier alpha value is -2.79. The lowest BCUT2D eigenvalue weighted by atomic mass is 10.0. The molecule has 0 radical (unpaired) electrons. The fraction of sp³-hybridized carbons (Fsp3) is 0.174. The summed E-state index contributed by atoms with van der Waals surface area (Å²) < 4.78 is 106. The topological polar surface area (TPSA) is 29.1 Å². The van der Waals surface area contributed by atoms with Crippen molar-refractivity contribution < 1.29 is 39.9 Å². The highest BCUT2D eigenvalue weighted by atomic mass is 35.5. The quantitative estimate of drug-likeness (QED) is 0.253. The van der Waals surface area contributed by atoms with E-state index in [9.17, 15) is 39.9 Å². The maximum absolute atomic E-state index is 14.7. The highest BCUT2D eigenvalue weighted by Crippen LogP contribution is 2.39. The van der Waals surface area contributed by atoms with Gasteiger partial charge in [-0.2, -0.15) is 35.1 Å². The van der Waals surface area contributed by atoms with Gasteiger partial charge in [-0.25, -0.2) is 0 Å². The van der Waals surface area contributed by atoms with Gasteiger partial charge >= 0.3 is 11.7 Å². The number of benzene rings is 3. The molecule has 1 N–H and O–H groups in total. The molecule has 0 atom stereocenters. The van der Waals surface area contributed by atoms with E-state index in [0.29, 0.717) is 17.2 Å². The molecule has 3 rings (SSSR count). The molecule has 1 amide bonds. The number of carbonyl (C=O) groups excluding carboxylic acids is 1. The van der Waals surface area contributed by atoms with Crippen molar-refractivity contribution in [3.05, 3.63) is 88.4 Å². The van der Waals surface area contributed by atoms with Crippen LogP contribution in [0.1, 0.15) is 21.5 Å². The molecule has 3 aromatic carbocycles. The largest absolute Gasteiger partial charge is 0.446 e. The van der Waals surface area contributed by atoms with Gasteiger partial charge < -0.3 is 5.32 Å². The molecule has 0 unspecified atom stereocenters. The van der Waals surface area contributed by atoms with E-state index in [-0.39, 0.29) is 16.7 Å². The van der Waals surface area contributed by atoms with E-state index in [1.165, 1.54) is 42.5 Å². The molecule has 35 heavy (non-hydrogen) atoms. The SMILES string of the molecule is O=C(NCC(F)(F)c1ccc(-c2ccc(SC(F)(F)F)cc2)cc1Cl)c1ccccc1C(F)(F)F. The number of hydrogen-bond donors (Lipinski definition) is 1. The first-order valence-corrected chi connectivity index (χ1v) is 10.9. The van der Waals surface area contributed by atoms with Gasteiger partial charge in [-0.3, -0.25) is 4.79 Å². The summed E-state index contributed by atoms with van der Waals surface area (Å²) in [6, 6.07) is 12.4. The van der Waals surface area contributed by atoms with Gasteiger partial charge in [-0.15, -0.1) is 0 Å². The van der Waals surface area contributed by atoms with Crippen molar-refractivity contribution in [3.8, 4) is 11.1 Å². The number of hydrogen-bond acceptors (Lipinski definition) is 2. The van der Waals surface area contributed by atoms with Gasteiger partial charge in [0.1, 0.15) is 0 Å². The molecule has 0 spiro atoms. The average molecular weight is 540 g/mol. The van der Waals surface area contributed by atoms with Crippen LogP contribution in [0.2, 0.25) is 5.02 Å². The number of alkyl halides is 8. The lowest BCUT2D eigenvalue weighted by molar-refractivity contribution is -0.137. The van der Waals surface area contributed by atoms with Crippen molar-refractivity contribution in [2.75, 3.05) is 6.54 Å². The molecule has 0 fully saturated rings. The third kappa shape index (κ3) is 6.88. The first kappa shape index (κ1) is 26.8. The van der Waals surface area contributed by atoms with E-state index >= 15 is 0 Å². The van der Waals surface area contributed by atoms with Crippen LogP contribution < -0.4 is 5.32 Å². The minimum absolute atomic E-state index is 0.0571. The first-order valence-electron chi connectivity index (χ1n) is 9.66. The van der Waals surface area contributed by atoms with Gasteiger partial charge in [-0.05, 0) is 53.2 Å². The smallest absolute Gasteiger partial charge is 0.346 e. The van der Waals surface area contributed by atoms with E-state index in [4.69, 9.17) is 11.6 Å². The van der Waals surface area contributed by atoms with Gasteiger partial charge in [0.25, 0.3) is 11.8 Å². The highest BCUT2D eigenvalue weighted by Gasteiger charge is 2.37. The molecule has 0 aliphatic carbocycles. The van der Waals surface area contributed by atoms with Crippen LogP contribution in [0.3, 0.4) is 0 Å². The van der Waals surface area contributed by atoms with Crippen LogP contribution in [0.5, 0.6) is 0 Å². The van der Waals surface area contributed by atoms with Crippen molar-refractivity contribution in [2.45, 2.75) is 22.5 Å². The number of halogens is 9. The molecular formula is C23H14ClF8NOS. The van der Waals surface area contributed by atoms with Crippen LogP contribution in [0.15, 0.2) is 71.6 Å². The Morgan fingerprint density at radius 1 is 0.800 bits per heavy atom. The molecular weight excluding hydrogens is 526 g/mol. The monoisotopic (exact) mass is 539 g/mol. The number of carbonyl (C=O) groups is 1. The van der Waals surface area contributed by atoms with Crippen molar-refractivity contribution in [3.63, 3.8) is 0 Å². The molecule has 3 aromatic rings. The van der Waals surface area contributed by atoms with Crippen molar-refractivity contribution in [1.82, 2.24) is 5.32 Å². The fourth-order valence-corrected chi connectivity index (χ4v) is 4.01. The summed E-state index contributed by atoms with van der Waals surface area (Å²) in [4.78, 5) is 12.1. The molecule has 12 heteroatoms. The lowest BCUT2D eigenvalue weighted by Crippen LogP contribution is -2.36. The summed E-state index contributed by atoms with van der Waals surface area (Å²) >= 11 is 5.70. The van der Waals surface area contributed by atoms with Gasteiger partial charge in [0.05, 0.1) is 22.7 Å². The molecule has 186 valence electrons. The van der Waals surface area contributed by atoms with E-state index in [0.717, 1.165) is 18.2 Å². The third-order valence-electron chi connectivity index (χ3n) is 4.73. The maximum Gasteiger partial charge on any atom is 0.446 e. The maximum atomic E-state index is 14.7. The number of nitrogens with one attached hydrogen (secondary N) is 1. The second-order valence-electron chi connectivity index (χ2n) is 7.20. The summed E-state index contributed by atoms with van der Waals surface area (Å²) in [5.74, 6) is -5.06. The predicted octanol–water partition coefficient (Wildman–Crippen LogP) is 8.16. The Morgan fingerprint density at radius 3 is 1.97 bits per heavy atom. The van der Waals surface area contributed by atoms with Crippen LogP contribution in [-0.2, 0) is 12.1 Å². The normalized spacial score (nSPS) is 12.5. The van der Waals surface area contributed by atoms with Crippen LogP contribution in [-0.4, -0.2) is 18.0 Å². The van der Waals surface area contributed by atoms with E-state index in [2.05, 4.69) is 0 Å². The van der Waals surface area contributed by atoms with Crippen LogP contribution in [0.25, 0.3) is 11.1 Å². The second-order valence-corrected chi connectivity index (χ2v) is 8.74. The molecule has 0 aliphatic rings. The van der Waals surface area contributed by atoms with Crippen molar-refractivity contribution in [2.24, 2.45) is 0 Å².